The lowest BCUT2D eigenvalue weighted by Crippen LogP contribution is -2.47. The molecule has 3 N–H and O–H groups in total. The van der Waals surface area contributed by atoms with Crippen LogP contribution in [0.4, 0.5) is 0 Å². The third-order valence-electron chi connectivity index (χ3n) is 8.81. The van der Waals surface area contributed by atoms with Gasteiger partial charge in [-0.2, -0.15) is 8.42 Å². The van der Waals surface area contributed by atoms with Gasteiger partial charge in [0, 0.05) is 6.42 Å². The van der Waals surface area contributed by atoms with Gasteiger partial charge < -0.3 is 10.4 Å². The Bertz CT molecular complexity index is 700. The second-order valence-corrected chi connectivity index (χ2v) is 14.7. The summed E-state index contributed by atoms with van der Waals surface area (Å²) in [6.45, 7) is 4.50. The highest BCUT2D eigenvalue weighted by Gasteiger charge is 2.26. The molecule has 0 saturated heterocycles. The zero-order valence-corrected chi connectivity index (χ0v) is 29.4. The number of aliphatic hydroxyl groups excluding tert-OH is 1. The highest BCUT2D eigenvalue weighted by Crippen LogP contribution is 2.16. The standard InChI is InChI=1S/C36H73NO5S/c1-3-5-7-9-11-13-15-16-17-18-19-20-21-22-24-26-28-30-32-36(39)37-34(33-43(40,41)42)35(38)31-29-27-25-23-14-12-10-8-6-4-2/h34-35,38H,3-33H2,1-2H3,(H,37,39)(H,40,41,42). The van der Waals surface area contributed by atoms with Crippen molar-refractivity contribution in [2.75, 3.05) is 5.75 Å². The number of rotatable bonds is 34. The van der Waals surface area contributed by atoms with Crippen molar-refractivity contribution >= 4 is 16.0 Å². The molecule has 0 heterocycles. The molecule has 0 bridgehead atoms. The van der Waals surface area contributed by atoms with Crippen LogP contribution in [-0.4, -0.2) is 41.9 Å². The van der Waals surface area contributed by atoms with Gasteiger partial charge in [0.25, 0.3) is 10.1 Å². The zero-order valence-electron chi connectivity index (χ0n) is 28.6. The first-order chi connectivity index (χ1) is 20.8. The summed E-state index contributed by atoms with van der Waals surface area (Å²) in [5.41, 5.74) is 0. The fourth-order valence-corrected chi connectivity index (χ4v) is 6.74. The monoisotopic (exact) mass is 632 g/mol. The molecule has 2 unspecified atom stereocenters. The number of carbonyl (C=O) groups is 1. The van der Waals surface area contributed by atoms with Crippen LogP contribution in [0.3, 0.4) is 0 Å². The van der Waals surface area contributed by atoms with Gasteiger partial charge in [0.05, 0.1) is 17.9 Å². The summed E-state index contributed by atoms with van der Waals surface area (Å²) in [7, 11) is -4.29. The molecule has 7 heteroatoms. The number of nitrogens with one attached hydrogen (secondary N) is 1. The van der Waals surface area contributed by atoms with Crippen LogP contribution in [0.1, 0.15) is 206 Å². The smallest absolute Gasteiger partial charge is 0.266 e. The molecule has 43 heavy (non-hydrogen) atoms. The van der Waals surface area contributed by atoms with E-state index in [0.29, 0.717) is 12.8 Å². The van der Waals surface area contributed by atoms with E-state index in [1.54, 1.807) is 0 Å². The third kappa shape index (κ3) is 32.5. The van der Waals surface area contributed by atoms with E-state index in [9.17, 15) is 22.9 Å². The van der Waals surface area contributed by atoms with Gasteiger partial charge in [-0.05, 0) is 12.8 Å². The van der Waals surface area contributed by atoms with Crippen LogP contribution in [0.2, 0.25) is 0 Å². The van der Waals surface area contributed by atoms with Crippen molar-refractivity contribution in [2.24, 2.45) is 0 Å². The SMILES string of the molecule is CCCCCCCCCCCCCCCCCCCCC(=O)NC(CS(=O)(=O)O)C(O)CCCCCCCCCCCC. The molecule has 0 aromatic rings. The van der Waals surface area contributed by atoms with Crippen LogP contribution in [0.15, 0.2) is 0 Å². The van der Waals surface area contributed by atoms with E-state index in [-0.39, 0.29) is 5.91 Å². The number of hydrogen-bond acceptors (Lipinski definition) is 4. The first-order valence-corrected chi connectivity index (χ1v) is 20.3. The molecule has 2 atom stereocenters. The minimum Gasteiger partial charge on any atom is -0.391 e. The fourth-order valence-electron chi connectivity index (χ4n) is 5.98. The van der Waals surface area contributed by atoms with Crippen molar-refractivity contribution in [1.29, 1.82) is 0 Å². The topological polar surface area (TPSA) is 104 Å². The first kappa shape index (κ1) is 42.3. The van der Waals surface area contributed by atoms with Gasteiger partial charge in [-0.1, -0.05) is 187 Å². The van der Waals surface area contributed by atoms with Gasteiger partial charge in [-0.25, -0.2) is 0 Å². The third-order valence-corrected chi connectivity index (χ3v) is 9.59. The second-order valence-electron chi connectivity index (χ2n) is 13.2. The molecule has 0 fully saturated rings. The maximum absolute atomic E-state index is 12.5. The Morgan fingerprint density at radius 3 is 1.16 bits per heavy atom. The Hall–Kier alpha value is -0.660. The van der Waals surface area contributed by atoms with E-state index in [1.807, 2.05) is 0 Å². The average molecular weight is 632 g/mol. The minimum absolute atomic E-state index is 0.243. The molecular formula is C36H73NO5S. The molecular weight excluding hydrogens is 558 g/mol. The van der Waals surface area contributed by atoms with Crippen LogP contribution in [0.25, 0.3) is 0 Å². The summed E-state index contributed by atoms with van der Waals surface area (Å²) in [4.78, 5) is 12.5. The van der Waals surface area contributed by atoms with Crippen molar-refractivity contribution in [2.45, 2.75) is 219 Å². The lowest BCUT2D eigenvalue weighted by Gasteiger charge is -2.23. The lowest BCUT2D eigenvalue weighted by atomic mass is 10.0. The Morgan fingerprint density at radius 1 is 0.535 bits per heavy atom. The molecule has 0 aliphatic carbocycles. The molecule has 0 saturated carbocycles. The van der Waals surface area contributed by atoms with Gasteiger partial charge in [-0.3, -0.25) is 9.35 Å². The van der Waals surface area contributed by atoms with Crippen molar-refractivity contribution < 1.29 is 22.9 Å². The van der Waals surface area contributed by atoms with Crippen LogP contribution in [0.5, 0.6) is 0 Å². The van der Waals surface area contributed by atoms with Crippen molar-refractivity contribution in [3.8, 4) is 0 Å². The number of amides is 1. The zero-order chi connectivity index (χ0) is 31.9. The van der Waals surface area contributed by atoms with Crippen molar-refractivity contribution in [3.63, 3.8) is 0 Å². The van der Waals surface area contributed by atoms with Crippen LogP contribution in [-0.2, 0) is 14.9 Å². The maximum Gasteiger partial charge on any atom is 0.266 e. The summed E-state index contributed by atoms with van der Waals surface area (Å²) in [6, 6.07) is -0.961. The van der Waals surface area contributed by atoms with Crippen molar-refractivity contribution in [3.05, 3.63) is 0 Å². The number of unbranched alkanes of at least 4 members (excludes halogenated alkanes) is 26. The Morgan fingerprint density at radius 2 is 0.837 bits per heavy atom. The van der Waals surface area contributed by atoms with E-state index < -0.39 is 28.0 Å². The average Bonchev–Trinajstić information content (AvgIpc) is 2.96. The number of carbonyl (C=O) groups excluding carboxylic acids is 1. The Kier molecular flexibility index (Phi) is 30.8. The predicted octanol–water partition coefficient (Wildman–Crippen LogP) is 10.5. The molecule has 0 rings (SSSR count). The van der Waals surface area contributed by atoms with Gasteiger partial charge in [0.15, 0.2) is 0 Å². The van der Waals surface area contributed by atoms with Crippen molar-refractivity contribution in [1.82, 2.24) is 5.32 Å². The number of hydrogen-bond donors (Lipinski definition) is 3. The molecule has 0 aliphatic heterocycles. The van der Waals surface area contributed by atoms with E-state index >= 15 is 0 Å². The Balaban J connectivity index is 3.81. The summed E-state index contributed by atoms with van der Waals surface area (Å²) >= 11 is 0. The molecule has 0 radical (unpaired) electrons. The minimum atomic E-state index is -4.29. The summed E-state index contributed by atoms with van der Waals surface area (Å²) in [5, 5.41) is 13.3. The van der Waals surface area contributed by atoms with E-state index in [0.717, 1.165) is 38.5 Å². The summed E-state index contributed by atoms with van der Waals surface area (Å²) in [5.74, 6) is -0.885. The van der Waals surface area contributed by atoms with Gasteiger partial charge in [-0.15, -0.1) is 0 Å². The molecule has 1 amide bonds. The predicted molar refractivity (Wildman–Crippen MR) is 184 cm³/mol. The maximum atomic E-state index is 12.5. The second kappa shape index (κ2) is 31.3. The molecule has 0 aromatic carbocycles. The molecule has 258 valence electrons. The van der Waals surface area contributed by atoms with E-state index in [4.69, 9.17) is 0 Å². The molecule has 0 aliphatic rings. The molecule has 6 nitrogen and oxygen atoms in total. The van der Waals surface area contributed by atoms with Crippen LogP contribution < -0.4 is 5.32 Å². The van der Waals surface area contributed by atoms with Crippen LogP contribution >= 0.6 is 0 Å². The van der Waals surface area contributed by atoms with Crippen LogP contribution in [0, 0.1) is 0 Å². The van der Waals surface area contributed by atoms with E-state index in [2.05, 4.69) is 19.2 Å². The van der Waals surface area contributed by atoms with Gasteiger partial charge >= 0.3 is 0 Å². The summed E-state index contributed by atoms with van der Waals surface area (Å²) in [6.07, 6.45) is 34.8. The van der Waals surface area contributed by atoms with Gasteiger partial charge in [0.2, 0.25) is 5.91 Å². The fraction of sp³-hybridized carbons (Fsp3) is 0.972. The number of aliphatic hydroxyl groups is 1. The largest absolute Gasteiger partial charge is 0.391 e. The molecule has 0 spiro atoms. The molecule has 0 aromatic heterocycles. The van der Waals surface area contributed by atoms with E-state index in [1.165, 1.54) is 141 Å². The quantitative estimate of drug-likeness (QED) is 0.0484. The first-order valence-electron chi connectivity index (χ1n) is 18.7. The normalized spacial score (nSPS) is 13.3. The van der Waals surface area contributed by atoms with Gasteiger partial charge in [0.1, 0.15) is 0 Å². The summed E-state index contributed by atoms with van der Waals surface area (Å²) < 4.78 is 32.3. The lowest BCUT2D eigenvalue weighted by molar-refractivity contribution is -0.122. The highest BCUT2D eigenvalue weighted by molar-refractivity contribution is 7.85. The highest BCUT2D eigenvalue weighted by atomic mass is 32.2. The Labute approximate surface area is 268 Å².